The van der Waals surface area contributed by atoms with Crippen molar-refractivity contribution in [3.8, 4) is 5.75 Å². The van der Waals surface area contributed by atoms with Gasteiger partial charge in [-0.1, -0.05) is 12.1 Å². The van der Waals surface area contributed by atoms with Crippen molar-refractivity contribution >= 4 is 23.6 Å². The molecule has 1 aromatic carbocycles. The molecule has 2 aliphatic heterocycles. The van der Waals surface area contributed by atoms with Crippen molar-refractivity contribution in [1.29, 1.82) is 0 Å². The van der Waals surface area contributed by atoms with Crippen molar-refractivity contribution in [1.82, 2.24) is 4.90 Å². The Labute approximate surface area is 127 Å². The molecule has 1 N–H and O–H groups in total. The third-order valence-corrected chi connectivity index (χ3v) is 4.98. The van der Waals surface area contributed by atoms with Crippen LogP contribution in [0.2, 0.25) is 0 Å². The Morgan fingerprint density at radius 2 is 2.14 bits per heavy atom. The van der Waals surface area contributed by atoms with Crippen LogP contribution in [0.4, 0.5) is 0 Å². The number of rotatable bonds is 2. The zero-order valence-corrected chi connectivity index (χ0v) is 12.3. The largest absolute Gasteiger partial charge is 0.481 e. The molecule has 112 valence electrons. The molecule has 1 aromatic rings. The Hall–Kier alpha value is -1.69. The lowest BCUT2D eigenvalue weighted by Crippen LogP contribution is -2.49. The molecule has 2 heterocycles. The molecule has 0 aromatic heterocycles. The van der Waals surface area contributed by atoms with E-state index in [9.17, 15) is 9.59 Å². The molecule has 3 rings (SSSR count). The van der Waals surface area contributed by atoms with Gasteiger partial charge in [0.15, 0.2) is 6.10 Å². The molecule has 0 radical (unpaired) electrons. The smallest absolute Gasteiger partial charge is 0.308 e. The summed E-state index contributed by atoms with van der Waals surface area (Å²) in [7, 11) is 0. The lowest BCUT2D eigenvalue weighted by Gasteiger charge is -2.34. The predicted octanol–water partition coefficient (Wildman–Crippen LogP) is 1.86. The predicted molar refractivity (Wildman–Crippen MR) is 78.5 cm³/mol. The van der Waals surface area contributed by atoms with Crippen molar-refractivity contribution < 1.29 is 19.4 Å². The lowest BCUT2D eigenvalue weighted by atomic mass is 9.98. The Kier molecular flexibility index (Phi) is 4.05. The standard InChI is InChI=1S/C15H17NO4S/c17-14(16-7-3-4-10(8-16)15(18)19)12-9-21-13-6-2-1-5-11(13)20-12/h1-2,5-6,10,12H,3-4,7-9H2,(H,18,19)/t10-,12+/m1/s1. The summed E-state index contributed by atoms with van der Waals surface area (Å²) >= 11 is 1.61. The van der Waals surface area contributed by atoms with Crippen LogP contribution >= 0.6 is 11.8 Å². The molecule has 6 heteroatoms. The maximum absolute atomic E-state index is 12.5. The molecule has 0 saturated carbocycles. The highest BCUT2D eigenvalue weighted by molar-refractivity contribution is 7.99. The van der Waals surface area contributed by atoms with Gasteiger partial charge in [0.2, 0.25) is 0 Å². The fraction of sp³-hybridized carbons (Fsp3) is 0.467. The van der Waals surface area contributed by atoms with E-state index in [4.69, 9.17) is 9.84 Å². The quantitative estimate of drug-likeness (QED) is 0.903. The molecule has 0 bridgehead atoms. The van der Waals surface area contributed by atoms with Crippen LogP contribution < -0.4 is 4.74 Å². The number of likely N-dealkylation sites (tertiary alicyclic amines) is 1. The maximum atomic E-state index is 12.5. The van der Waals surface area contributed by atoms with Gasteiger partial charge >= 0.3 is 5.97 Å². The number of hydrogen-bond acceptors (Lipinski definition) is 4. The first-order valence-corrected chi connectivity index (χ1v) is 8.04. The number of para-hydroxylation sites is 1. The van der Waals surface area contributed by atoms with E-state index < -0.39 is 18.0 Å². The number of ether oxygens (including phenoxy) is 1. The van der Waals surface area contributed by atoms with Crippen LogP contribution in [0.15, 0.2) is 29.2 Å². The second-order valence-corrected chi connectivity index (χ2v) is 6.39. The van der Waals surface area contributed by atoms with E-state index in [1.807, 2.05) is 24.3 Å². The summed E-state index contributed by atoms with van der Waals surface area (Å²) in [5.74, 6) is -0.0609. The SMILES string of the molecule is O=C(O)[C@@H]1CCCN(C(=O)[C@@H]2CSc3ccccc3O2)C1. The summed E-state index contributed by atoms with van der Waals surface area (Å²) in [6, 6.07) is 7.66. The van der Waals surface area contributed by atoms with Gasteiger partial charge in [0.05, 0.1) is 5.92 Å². The van der Waals surface area contributed by atoms with Gasteiger partial charge < -0.3 is 14.7 Å². The first kappa shape index (κ1) is 14.3. The van der Waals surface area contributed by atoms with Gasteiger partial charge in [-0.3, -0.25) is 9.59 Å². The minimum Gasteiger partial charge on any atom is -0.481 e. The minimum atomic E-state index is -0.822. The molecule has 1 fully saturated rings. The van der Waals surface area contributed by atoms with Gasteiger partial charge in [0.1, 0.15) is 5.75 Å². The first-order valence-electron chi connectivity index (χ1n) is 7.05. The molecular formula is C15H17NO4S. The van der Waals surface area contributed by atoms with Crippen molar-refractivity contribution in [3.63, 3.8) is 0 Å². The fourth-order valence-electron chi connectivity index (χ4n) is 2.72. The Morgan fingerprint density at radius 1 is 1.33 bits per heavy atom. The number of thioether (sulfide) groups is 1. The third kappa shape index (κ3) is 3.00. The summed E-state index contributed by atoms with van der Waals surface area (Å²) < 4.78 is 5.78. The van der Waals surface area contributed by atoms with Crippen molar-refractivity contribution in [2.24, 2.45) is 5.92 Å². The second kappa shape index (κ2) is 5.97. The lowest BCUT2D eigenvalue weighted by molar-refractivity contribution is -0.147. The number of hydrogen-bond donors (Lipinski definition) is 1. The number of amides is 1. The van der Waals surface area contributed by atoms with Crippen LogP contribution in [0, 0.1) is 5.92 Å². The topological polar surface area (TPSA) is 66.8 Å². The Balaban J connectivity index is 1.67. The number of benzene rings is 1. The van der Waals surface area contributed by atoms with Crippen molar-refractivity contribution in [2.45, 2.75) is 23.8 Å². The number of aliphatic carboxylic acids is 1. The van der Waals surface area contributed by atoms with Crippen LogP contribution in [0.5, 0.6) is 5.75 Å². The zero-order chi connectivity index (χ0) is 14.8. The number of fused-ring (bicyclic) bond motifs is 1. The summed E-state index contributed by atoms with van der Waals surface area (Å²) in [5.41, 5.74) is 0. The van der Waals surface area contributed by atoms with Gasteiger partial charge in [0, 0.05) is 23.7 Å². The molecule has 5 nitrogen and oxygen atoms in total. The number of carboxylic acids is 1. The molecule has 2 atom stereocenters. The zero-order valence-electron chi connectivity index (χ0n) is 11.5. The van der Waals surface area contributed by atoms with Gasteiger partial charge in [-0.25, -0.2) is 0 Å². The highest BCUT2D eigenvalue weighted by Crippen LogP contribution is 2.35. The third-order valence-electron chi connectivity index (χ3n) is 3.87. The van der Waals surface area contributed by atoms with Crippen molar-refractivity contribution in [3.05, 3.63) is 24.3 Å². The van der Waals surface area contributed by atoms with Crippen LogP contribution in [0.1, 0.15) is 12.8 Å². The van der Waals surface area contributed by atoms with Crippen LogP contribution in [0.25, 0.3) is 0 Å². The van der Waals surface area contributed by atoms with E-state index in [-0.39, 0.29) is 5.91 Å². The summed E-state index contributed by atoms with van der Waals surface area (Å²) in [6.07, 6.45) is 0.860. The van der Waals surface area contributed by atoms with Gasteiger partial charge in [-0.15, -0.1) is 11.8 Å². The molecular weight excluding hydrogens is 290 g/mol. The second-order valence-electron chi connectivity index (χ2n) is 5.33. The minimum absolute atomic E-state index is 0.0945. The molecule has 21 heavy (non-hydrogen) atoms. The van der Waals surface area contributed by atoms with E-state index in [0.717, 1.165) is 17.1 Å². The highest BCUT2D eigenvalue weighted by Gasteiger charge is 2.34. The van der Waals surface area contributed by atoms with Crippen molar-refractivity contribution in [2.75, 3.05) is 18.8 Å². The number of nitrogens with zero attached hydrogens (tertiary/aromatic N) is 1. The maximum Gasteiger partial charge on any atom is 0.308 e. The Bertz CT molecular complexity index is 562. The van der Waals surface area contributed by atoms with Gasteiger partial charge in [-0.05, 0) is 25.0 Å². The summed E-state index contributed by atoms with van der Waals surface area (Å²) in [6.45, 7) is 0.912. The molecule has 1 amide bonds. The monoisotopic (exact) mass is 307 g/mol. The molecule has 0 spiro atoms. The first-order chi connectivity index (χ1) is 10.1. The van der Waals surface area contributed by atoms with Gasteiger partial charge in [-0.2, -0.15) is 0 Å². The van der Waals surface area contributed by atoms with Crippen LogP contribution in [0.3, 0.4) is 0 Å². The molecule has 1 saturated heterocycles. The fourth-order valence-corrected chi connectivity index (χ4v) is 3.70. The van der Waals surface area contributed by atoms with E-state index in [0.29, 0.717) is 25.3 Å². The normalized spacial score (nSPS) is 24.9. The van der Waals surface area contributed by atoms with Crippen LogP contribution in [-0.2, 0) is 9.59 Å². The highest BCUT2D eigenvalue weighted by atomic mass is 32.2. The molecule has 0 unspecified atom stereocenters. The molecule has 0 aliphatic carbocycles. The Morgan fingerprint density at radius 3 is 2.95 bits per heavy atom. The van der Waals surface area contributed by atoms with E-state index in [2.05, 4.69) is 0 Å². The average Bonchev–Trinajstić information content (AvgIpc) is 2.53. The van der Waals surface area contributed by atoms with E-state index in [1.54, 1.807) is 16.7 Å². The number of carbonyl (C=O) groups is 2. The van der Waals surface area contributed by atoms with Crippen LogP contribution in [-0.4, -0.2) is 46.8 Å². The van der Waals surface area contributed by atoms with E-state index >= 15 is 0 Å². The summed E-state index contributed by atoms with van der Waals surface area (Å²) in [5, 5.41) is 9.10. The summed E-state index contributed by atoms with van der Waals surface area (Å²) in [4.78, 5) is 26.3. The number of carboxylic acid groups (broad SMARTS) is 1. The molecule has 2 aliphatic rings. The van der Waals surface area contributed by atoms with E-state index in [1.165, 1.54) is 0 Å². The number of carbonyl (C=O) groups excluding carboxylic acids is 1. The average molecular weight is 307 g/mol. The number of piperidine rings is 1. The van der Waals surface area contributed by atoms with Gasteiger partial charge in [0.25, 0.3) is 5.91 Å².